The molecule has 1 heterocycles. The Morgan fingerprint density at radius 2 is 1.84 bits per heavy atom. The van der Waals surface area contributed by atoms with E-state index in [1.807, 2.05) is 18.2 Å². The number of pyridine rings is 1. The molecular formula is C19H16Cl2N2OS. The molecule has 0 atom stereocenters. The lowest BCUT2D eigenvalue weighted by Crippen LogP contribution is -2.12. The Balaban J connectivity index is 1.58. The highest BCUT2D eigenvalue weighted by Gasteiger charge is 2.07. The zero-order chi connectivity index (χ0) is 17.8. The Kier molecular flexibility index (Phi) is 5.84. The van der Waals surface area contributed by atoms with E-state index in [2.05, 4.69) is 29.4 Å². The van der Waals surface area contributed by atoms with E-state index < -0.39 is 0 Å². The van der Waals surface area contributed by atoms with Gasteiger partial charge in [0.2, 0.25) is 5.91 Å². The molecule has 0 saturated heterocycles. The summed E-state index contributed by atoms with van der Waals surface area (Å²) in [6.45, 7) is 2.07. The van der Waals surface area contributed by atoms with Crippen LogP contribution in [0, 0.1) is 6.92 Å². The van der Waals surface area contributed by atoms with Crippen molar-refractivity contribution in [2.24, 2.45) is 0 Å². The smallest absolute Gasteiger partial charge is 0.225 e. The number of benzene rings is 2. The Bertz CT molecular complexity index is 910. The van der Waals surface area contributed by atoms with E-state index in [0.29, 0.717) is 27.9 Å². The maximum absolute atomic E-state index is 12.1. The van der Waals surface area contributed by atoms with Gasteiger partial charge < -0.3 is 5.32 Å². The third-order valence-electron chi connectivity index (χ3n) is 3.62. The van der Waals surface area contributed by atoms with Crippen LogP contribution in [0.2, 0.25) is 10.0 Å². The van der Waals surface area contributed by atoms with Crippen molar-refractivity contribution in [2.45, 2.75) is 18.4 Å². The van der Waals surface area contributed by atoms with Gasteiger partial charge in [0.05, 0.1) is 10.5 Å². The first-order valence-corrected chi connectivity index (χ1v) is 9.50. The molecule has 3 rings (SSSR count). The molecule has 0 aliphatic rings. The highest BCUT2D eigenvalue weighted by molar-refractivity contribution is 7.99. The number of hydrogen-bond donors (Lipinski definition) is 1. The number of nitrogens with zero attached hydrogens (tertiary/aromatic N) is 1. The van der Waals surface area contributed by atoms with Crippen LogP contribution < -0.4 is 5.32 Å². The summed E-state index contributed by atoms with van der Waals surface area (Å²) in [5.74, 6) is 0.564. The zero-order valence-electron chi connectivity index (χ0n) is 13.6. The fourth-order valence-electron chi connectivity index (χ4n) is 2.49. The van der Waals surface area contributed by atoms with Gasteiger partial charge in [-0.3, -0.25) is 4.79 Å². The second-order valence-corrected chi connectivity index (χ2v) is 7.59. The molecule has 1 N–H and O–H groups in total. The van der Waals surface area contributed by atoms with Gasteiger partial charge in [-0.05, 0) is 42.8 Å². The second-order valence-electron chi connectivity index (χ2n) is 5.60. The molecule has 0 aliphatic heterocycles. The molecule has 3 aromatic rings. The molecule has 0 fully saturated rings. The summed E-state index contributed by atoms with van der Waals surface area (Å²) >= 11 is 13.4. The fourth-order valence-corrected chi connectivity index (χ4v) is 3.94. The molecule has 0 unspecified atom stereocenters. The number of halogens is 2. The first-order chi connectivity index (χ1) is 12.0. The minimum absolute atomic E-state index is 0.0802. The van der Waals surface area contributed by atoms with Gasteiger partial charge in [0.25, 0.3) is 0 Å². The average molecular weight is 391 g/mol. The van der Waals surface area contributed by atoms with E-state index in [1.165, 1.54) is 5.56 Å². The molecular weight excluding hydrogens is 375 g/mol. The number of carbonyl (C=O) groups excluding carboxylic acids is 1. The number of hydrogen-bond acceptors (Lipinski definition) is 3. The monoisotopic (exact) mass is 390 g/mol. The van der Waals surface area contributed by atoms with E-state index in [1.54, 1.807) is 30.0 Å². The highest BCUT2D eigenvalue weighted by atomic mass is 35.5. The van der Waals surface area contributed by atoms with Gasteiger partial charge in [-0.2, -0.15) is 0 Å². The molecule has 3 nitrogen and oxygen atoms in total. The number of aromatic nitrogens is 1. The Labute approximate surface area is 160 Å². The van der Waals surface area contributed by atoms with E-state index in [0.717, 1.165) is 15.9 Å². The van der Waals surface area contributed by atoms with E-state index in [-0.39, 0.29) is 5.91 Å². The van der Waals surface area contributed by atoms with Gasteiger partial charge in [0.1, 0.15) is 0 Å². The summed E-state index contributed by atoms with van der Waals surface area (Å²) in [6, 6.07) is 15.1. The Hall–Kier alpha value is -1.75. The Morgan fingerprint density at radius 1 is 1.12 bits per heavy atom. The minimum Gasteiger partial charge on any atom is -0.326 e. The number of nitrogens with one attached hydrogen (secondary N) is 1. The second kappa shape index (κ2) is 8.09. The van der Waals surface area contributed by atoms with Gasteiger partial charge in [0.15, 0.2) is 0 Å². The van der Waals surface area contributed by atoms with Gasteiger partial charge in [-0.15, -0.1) is 11.8 Å². The first-order valence-electron chi connectivity index (χ1n) is 7.76. The van der Waals surface area contributed by atoms with Gasteiger partial charge in [-0.1, -0.05) is 41.4 Å². The van der Waals surface area contributed by atoms with Crippen LogP contribution in [0.4, 0.5) is 5.69 Å². The number of fused-ring (bicyclic) bond motifs is 1. The van der Waals surface area contributed by atoms with Crippen LogP contribution in [0.25, 0.3) is 10.9 Å². The van der Waals surface area contributed by atoms with Crippen molar-refractivity contribution >= 4 is 57.5 Å². The molecule has 1 amide bonds. The predicted molar refractivity (Wildman–Crippen MR) is 107 cm³/mol. The average Bonchev–Trinajstić information content (AvgIpc) is 2.54. The minimum atomic E-state index is -0.0802. The molecule has 25 heavy (non-hydrogen) atoms. The number of rotatable bonds is 5. The number of aryl methyl sites for hydroxylation is 1. The van der Waals surface area contributed by atoms with Crippen molar-refractivity contribution in [3.8, 4) is 0 Å². The molecule has 0 saturated carbocycles. The van der Waals surface area contributed by atoms with Crippen LogP contribution in [0.15, 0.2) is 53.6 Å². The zero-order valence-corrected chi connectivity index (χ0v) is 15.9. The van der Waals surface area contributed by atoms with Gasteiger partial charge >= 0.3 is 0 Å². The van der Waals surface area contributed by atoms with Crippen LogP contribution in [-0.4, -0.2) is 16.6 Å². The summed E-state index contributed by atoms with van der Waals surface area (Å²) in [5.41, 5.74) is 2.77. The maximum Gasteiger partial charge on any atom is 0.225 e. The van der Waals surface area contributed by atoms with Crippen molar-refractivity contribution in [3.05, 3.63) is 64.1 Å². The lowest BCUT2D eigenvalue weighted by atomic mass is 10.1. The van der Waals surface area contributed by atoms with E-state index in [4.69, 9.17) is 23.2 Å². The van der Waals surface area contributed by atoms with Crippen LogP contribution in [-0.2, 0) is 4.79 Å². The van der Waals surface area contributed by atoms with Gasteiger partial charge in [0, 0.05) is 33.3 Å². The van der Waals surface area contributed by atoms with Crippen LogP contribution in [0.5, 0.6) is 0 Å². The number of amides is 1. The van der Waals surface area contributed by atoms with Crippen molar-refractivity contribution < 1.29 is 4.79 Å². The third kappa shape index (κ3) is 4.88. The third-order valence-corrected chi connectivity index (χ3v) is 4.97. The summed E-state index contributed by atoms with van der Waals surface area (Å²) in [6.07, 6.45) is 0.377. The van der Waals surface area contributed by atoms with Crippen LogP contribution in [0.3, 0.4) is 0 Å². The molecule has 0 spiro atoms. The Morgan fingerprint density at radius 3 is 2.60 bits per heavy atom. The molecule has 2 aromatic carbocycles. The van der Waals surface area contributed by atoms with E-state index in [9.17, 15) is 4.79 Å². The van der Waals surface area contributed by atoms with Crippen molar-refractivity contribution in [1.82, 2.24) is 4.98 Å². The molecule has 6 heteroatoms. The number of carbonyl (C=O) groups is 1. The van der Waals surface area contributed by atoms with Crippen LogP contribution in [0.1, 0.15) is 12.0 Å². The largest absolute Gasteiger partial charge is 0.326 e. The SMILES string of the molecule is Cc1cc(SCCC(=O)Nc2cc(Cl)cc(Cl)c2)nc2ccccc12. The molecule has 0 radical (unpaired) electrons. The van der Waals surface area contributed by atoms with Crippen molar-refractivity contribution in [2.75, 3.05) is 11.1 Å². The highest BCUT2D eigenvalue weighted by Crippen LogP contribution is 2.25. The summed E-state index contributed by atoms with van der Waals surface area (Å²) < 4.78 is 0. The lowest BCUT2D eigenvalue weighted by Gasteiger charge is -2.08. The number of para-hydroxylation sites is 1. The lowest BCUT2D eigenvalue weighted by molar-refractivity contribution is -0.115. The standard InChI is InChI=1S/C19H16Cl2N2OS/c1-12-8-19(23-17-5-3-2-4-16(12)17)25-7-6-18(24)22-15-10-13(20)9-14(21)11-15/h2-5,8-11H,6-7H2,1H3,(H,22,24). The predicted octanol–water partition coefficient (Wildman–Crippen LogP) is 5.97. The molecule has 0 aliphatic carbocycles. The molecule has 0 bridgehead atoms. The number of anilines is 1. The molecule has 128 valence electrons. The van der Waals surface area contributed by atoms with E-state index >= 15 is 0 Å². The van der Waals surface area contributed by atoms with Gasteiger partial charge in [-0.25, -0.2) is 4.98 Å². The quantitative estimate of drug-likeness (QED) is 0.545. The maximum atomic E-state index is 12.1. The van der Waals surface area contributed by atoms with Crippen molar-refractivity contribution in [3.63, 3.8) is 0 Å². The van der Waals surface area contributed by atoms with Crippen molar-refractivity contribution in [1.29, 1.82) is 0 Å². The fraction of sp³-hybridized carbons (Fsp3) is 0.158. The normalized spacial score (nSPS) is 10.8. The summed E-state index contributed by atoms with van der Waals surface area (Å²) in [7, 11) is 0. The summed E-state index contributed by atoms with van der Waals surface area (Å²) in [4.78, 5) is 16.7. The number of thioether (sulfide) groups is 1. The first kappa shape index (κ1) is 18.1. The summed E-state index contributed by atoms with van der Waals surface area (Å²) in [5, 5.41) is 5.88. The topological polar surface area (TPSA) is 42.0 Å². The van der Waals surface area contributed by atoms with Crippen LogP contribution >= 0.6 is 35.0 Å². The molecule has 1 aromatic heterocycles.